The number of ether oxygens (including phenoxy) is 5. The predicted molar refractivity (Wildman–Crippen MR) is 321 cm³/mol. The molecule has 0 aromatic rings. The van der Waals surface area contributed by atoms with Gasteiger partial charge in [0.05, 0.1) is 13.0 Å². The number of rotatable bonds is 53. The van der Waals surface area contributed by atoms with E-state index in [4.69, 9.17) is 23.7 Å². The summed E-state index contributed by atoms with van der Waals surface area (Å²) in [7, 11) is 0. The van der Waals surface area contributed by atoms with Crippen molar-refractivity contribution in [2.75, 3.05) is 13.2 Å². The third-order valence-electron chi connectivity index (χ3n) is 14.0. The number of aliphatic hydroxyl groups excluding tert-OH is 2. The quantitative estimate of drug-likeness (QED) is 0.0228. The molecular formula is C67H112O12. The first-order valence-corrected chi connectivity index (χ1v) is 31.6. The van der Waals surface area contributed by atoms with Gasteiger partial charge in [0.25, 0.3) is 0 Å². The molecule has 0 saturated carbocycles. The number of hydrogen-bond acceptors (Lipinski definition) is 11. The second-order valence-electron chi connectivity index (χ2n) is 21.3. The van der Waals surface area contributed by atoms with Crippen LogP contribution < -0.4 is 0 Å². The average Bonchev–Trinajstić information content (AvgIpc) is 3.43. The topological polar surface area (TPSA) is 175 Å². The maximum absolute atomic E-state index is 13.2. The molecule has 1 saturated heterocycles. The van der Waals surface area contributed by atoms with Crippen molar-refractivity contribution >= 4 is 23.9 Å². The molecule has 3 N–H and O–H groups in total. The van der Waals surface area contributed by atoms with Crippen molar-refractivity contribution in [1.82, 2.24) is 0 Å². The summed E-state index contributed by atoms with van der Waals surface area (Å²) in [6, 6.07) is 0. The smallest absolute Gasteiger partial charge is 0.335 e. The van der Waals surface area contributed by atoms with Gasteiger partial charge in [0.15, 0.2) is 24.6 Å². The second kappa shape index (κ2) is 54.5. The van der Waals surface area contributed by atoms with Gasteiger partial charge in [-0.3, -0.25) is 14.4 Å². The van der Waals surface area contributed by atoms with Crippen LogP contribution in [0.5, 0.6) is 0 Å². The van der Waals surface area contributed by atoms with Crippen molar-refractivity contribution in [1.29, 1.82) is 0 Å². The molecule has 1 rings (SSSR count). The van der Waals surface area contributed by atoms with E-state index in [-0.39, 0.29) is 25.9 Å². The summed E-state index contributed by atoms with van der Waals surface area (Å²) in [6.07, 6.45) is 58.6. The molecule has 0 aromatic heterocycles. The summed E-state index contributed by atoms with van der Waals surface area (Å²) in [5.41, 5.74) is 0. The Bertz CT molecular complexity index is 1700. The molecule has 0 amide bonds. The van der Waals surface area contributed by atoms with Gasteiger partial charge < -0.3 is 39.0 Å². The average molecular weight is 1110 g/mol. The molecule has 0 aliphatic carbocycles. The molecule has 6 atom stereocenters. The molecule has 452 valence electrons. The van der Waals surface area contributed by atoms with E-state index in [9.17, 15) is 34.5 Å². The van der Waals surface area contributed by atoms with Gasteiger partial charge in [0.1, 0.15) is 18.8 Å². The third-order valence-corrected chi connectivity index (χ3v) is 14.0. The Kier molecular flexibility index (Phi) is 50.3. The van der Waals surface area contributed by atoms with Crippen LogP contribution in [0.2, 0.25) is 0 Å². The highest BCUT2D eigenvalue weighted by atomic mass is 16.7. The number of carbonyl (C=O) groups is 4. The third kappa shape index (κ3) is 44.3. The number of allylic oxidation sites excluding steroid dienone is 13. The summed E-state index contributed by atoms with van der Waals surface area (Å²) in [6.45, 7) is 5.83. The molecule has 1 aliphatic heterocycles. The molecule has 6 unspecified atom stereocenters. The summed E-state index contributed by atoms with van der Waals surface area (Å²) in [5.74, 6) is -3.28. The monoisotopic (exact) mass is 1110 g/mol. The van der Waals surface area contributed by atoms with Crippen molar-refractivity contribution < 1.29 is 58.2 Å². The van der Waals surface area contributed by atoms with E-state index in [1.807, 2.05) is 12.2 Å². The van der Waals surface area contributed by atoms with E-state index in [0.29, 0.717) is 19.3 Å². The fourth-order valence-electron chi connectivity index (χ4n) is 9.18. The molecule has 1 aliphatic rings. The van der Waals surface area contributed by atoms with Crippen LogP contribution in [-0.4, -0.2) is 89.2 Å². The Morgan fingerprint density at radius 1 is 0.443 bits per heavy atom. The molecular weight excluding hydrogens is 997 g/mol. The fraction of sp³-hybridized carbons (Fsp3) is 0.731. The lowest BCUT2D eigenvalue weighted by Gasteiger charge is -2.40. The van der Waals surface area contributed by atoms with Crippen LogP contribution in [0.4, 0.5) is 0 Å². The Morgan fingerprint density at radius 3 is 1.30 bits per heavy atom. The normalized spacial score (nSPS) is 18.4. The van der Waals surface area contributed by atoms with Gasteiger partial charge in [-0.2, -0.15) is 0 Å². The van der Waals surface area contributed by atoms with Gasteiger partial charge in [-0.15, -0.1) is 0 Å². The fourth-order valence-corrected chi connectivity index (χ4v) is 9.18. The zero-order valence-corrected chi connectivity index (χ0v) is 49.8. The van der Waals surface area contributed by atoms with Gasteiger partial charge in [-0.1, -0.05) is 254 Å². The van der Waals surface area contributed by atoms with E-state index >= 15 is 0 Å². The summed E-state index contributed by atoms with van der Waals surface area (Å²) >= 11 is 0. The first kappa shape index (κ1) is 72.9. The zero-order chi connectivity index (χ0) is 57.5. The molecule has 0 aromatic carbocycles. The standard InChI is InChI=1S/C67H112O12/c1-4-7-10-13-16-19-22-25-28-30-33-35-38-41-44-47-50-53-59(68)75-56-58(77-60(69)54-51-48-45-42-39-37-34-31-29-26-23-20-17-14-11-8-5-2)57-76-67-65(63(72)62(71)64(79-67)66(73)74)78-61(70)55-52-49-46-43-40-36-32-27-24-21-18-15-12-9-6-3/h9,12,16,18-19,21,25,27-28,32,40,43,49,52,58,62-65,67,71-72H,4-8,10-11,13-15,17,20,22-24,26,29-31,33-39,41-42,44-48,50-51,53-57H2,1-3H3,(H,73,74)/b12-9-,19-16-,21-18-,28-25-,32-27-,43-40-,52-49-. The summed E-state index contributed by atoms with van der Waals surface area (Å²) < 4.78 is 28.4. The Balaban J connectivity index is 2.72. The van der Waals surface area contributed by atoms with Crippen molar-refractivity contribution in [2.45, 2.75) is 302 Å². The van der Waals surface area contributed by atoms with E-state index < -0.39 is 67.3 Å². The van der Waals surface area contributed by atoms with Crippen molar-refractivity contribution in [2.24, 2.45) is 0 Å². The maximum Gasteiger partial charge on any atom is 0.335 e. The molecule has 1 heterocycles. The molecule has 12 nitrogen and oxygen atoms in total. The highest BCUT2D eigenvalue weighted by molar-refractivity contribution is 5.74. The molecule has 12 heteroatoms. The van der Waals surface area contributed by atoms with Gasteiger partial charge in [-0.25, -0.2) is 4.79 Å². The van der Waals surface area contributed by atoms with E-state index in [0.717, 1.165) is 83.5 Å². The van der Waals surface area contributed by atoms with Gasteiger partial charge in [-0.05, 0) is 77.0 Å². The van der Waals surface area contributed by atoms with Crippen LogP contribution in [-0.2, 0) is 42.9 Å². The lowest BCUT2D eigenvalue weighted by molar-refractivity contribution is -0.301. The minimum absolute atomic E-state index is 0.151. The number of carboxylic acid groups (broad SMARTS) is 1. The predicted octanol–water partition coefficient (Wildman–Crippen LogP) is 16.7. The number of unbranched alkanes of at least 4 members (excludes halogenated alkanes) is 26. The Labute approximate surface area is 480 Å². The Morgan fingerprint density at radius 2 is 0.835 bits per heavy atom. The number of carboxylic acids is 1. The minimum Gasteiger partial charge on any atom is -0.479 e. The van der Waals surface area contributed by atoms with Crippen LogP contribution in [0.3, 0.4) is 0 Å². The first-order chi connectivity index (χ1) is 38.6. The van der Waals surface area contributed by atoms with Crippen molar-refractivity contribution in [3.05, 3.63) is 85.1 Å². The summed E-state index contributed by atoms with van der Waals surface area (Å²) in [5, 5.41) is 31.5. The second-order valence-corrected chi connectivity index (χ2v) is 21.3. The van der Waals surface area contributed by atoms with Crippen LogP contribution in [0.15, 0.2) is 85.1 Å². The van der Waals surface area contributed by atoms with Gasteiger partial charge in [0.2, 0.25) is 0 Å². The highest BCUT2D eigenvalue weighted by Gasteiger charge is 2.50. The SMILES string of the molecule is CC/C=C\C/C=C\C/C=C\C/C=C\C/C=C\CC(=O)OC1C(OCC(COC(=O)CCCCCCCCC/C=C\C/C=C\CCCCC)OC(=O)CCCCCCCCCCCCCCCCCCC)OC(C(=O)O)C(O)C1O. The van der Waals surface area contributed by atoms with Crippen LogP contribution >= 0.6 is 0 Å². The molecule has 79 heavy (non-hydrogen) atoms. The largest absolute Gasteiger partial charge is 0.479 e. The minimum atomic E-state index is -1.94. The number of hydrogen-bond donors (Lipinski definition) is 3. The van der Waals surface area contributed by atoms with E-state index in [1.54, 1.807) is 12.2 Å². The highest BCUT2D eigenvalue weighted by Crippen LogP contribution is 2.26. The number of aliphatic hydroxyl groups is 2. The molecule has 0 spiro atoms. The zero-order valence-electron chi connectivity index (χ0n) is 49.8. The van der Waals surface area contributed by atoms with Crippen LogP contribution in [0.25, 0.3) is 0 Å². The van der Waals surface area contributed by atoms with E-state index in [2.05, 4.69) is 81.5 Å². The van der Waals surface area contributed by atoms with Crippen LogP contribution in [0, 0.1) is 0 Å². The first-order valence-electron chi connectivity index (χ1n) is 31.6. The van der Waals surface area contributed by atoms with Crippen molar-refractivity contribution in [3.8, 4) is 0 Å². The summed E-state index contributed by atoms with van der Waals surface area (Å²) in [4.78, 5) is 51.2. The van der Waals surface area contributed by atoms with E-state index in [1.165, 1.54) is 122 Å². The van der Waals surface area contributed by atoms with Gasteiger partial charge >= 0.3 is 23.9 Å². The van der Waals surface area contributed by atoms with Gasteiger partial charge in [0, 0.05) is 12.8 Å². The lowest BCUT2D eigenvalue weighted by atomic mass is 9.98. The molecule has 0 radical (unpaired) electrons. The molecule has 0 bridgehead atoms. The number of aliphatic carboxylic acids is 1. The molecule has 1 fully saturated rings. The van der Waals surface area contributed by atoms with Crippen LogP contribution in [0.1, 0.15) is 265 Å². The van der Waals surface area contributed by atoms with Crippen molar-refractivity contribution in [3.63, 3.8) is 0 Å². The maximum atomic E-state index is 13.2. The number of esters is 3. The Hall–Kier alpha value is -4.10. The lowest BCUT2D eigenvalue weighted by Crippen LogP contribution is -2.61. The number of carbonyl (C=O) groups excluding carboxylic acids is 3.